The molecule has 3 aromatic rings. The molecule has 2 heterocycles. The number of amides is 1. The summed E-state index contributed by atoms with van der Waals surface area (Å²) in [5, 5.41) is 12.0. The van der Waals surface area contributed by atoms with Crippen LogP contribution in [0.4, 0.5) is 0 Å². The summed E-state index contributed by atoms with van der Waals surface area (Å²) in [5.74, 6) is 0.389. The van der Waals surface area contributed by atoms with Crippen molar-refractivity contribution in [1.29, 1.82) is 0 Å². The van der Waals surface area contributed by atoms with Gasteiger partial charge in [-0.2, -0.15) is 10.2 Å². The Hall–Kier alpha value is -2.32. The van der Waals surface area contributed by atoms with Crippen LogP contribution in [0.2, 0.25) is 5.02 Å². The molecule has 1 aromatic carbocycles. The third-order valence-corrected chi connectivity index (χ3v) is 4.81. The molecule has 1 unspecified atom stereocenters. The highest BCUT2D eigenvalue weighted by molar-refractivity contribution is 9.10. The second-order valence-corrected chi connectivity index (χ2v) is 7.15. The van der Waals surface area contributed by atoms with Crippen LogP contribution in [0.1, 0.15) is 36.1 Å². The zero-order valence-electron chi connectivity index (χ0n) is 14.9. The number of benzene rings is 1. The second-order valence-electron chi connectivity index (χ2n) is 5.86. The van der Waals surface area contributed by atoms with E-state index in [2.05, 4.69) is 31.4 Å². The summed E-state index contributed by atoms with van der Waals surface area (Å²) < 4.78 is 9.85. The first-order chi connectivity index (χ1) is 13.0. The molecule has 3 rings (SSSR count). The molecule has 2 aromatic heterocycles. The SMILES string of the molecule is CCn1nccc1C(C)NC(=O)c1ccn(COc2ccc(Cl)cc2Br)n1. The summed E-state index contributed by atoms with van der Waals surface area (Å²) in [6.45, 7) is 4.84. The summed E-state index contributed by atoms with van der Waals surface area (Å²) in [6, 6.07) is 8.63. The predicted molar refractivity (Wildman–Crippen MR) is 106 cm³/mol. The van der Waals surface area contributed by atoms with E-state index in [0.717, 1.165) is 16.7 Å². The number of halogens is 2. The van der Waals surface area contributed by atoms with E-state index in [1.807, 2.05) is 24.6 Å². The van der Waals surface area contributed by atoms with Crippen molar-refractivity contribution in [3.05, 3.63) is 63.6 Å². The van der Waals surface area contributed by atoms with Crippen molar-refractivity contribution < 1.29 is 9.53 Å². The summed E-state index contributed by atoms with van der Waals surface area (Å²) in [6.07, 6.45) is 3.42. The van der Waals surface area contributed by atoms with Crippen LogP contribution in [-0.2, 0) is 13.3 Å². The fourth-order valence-corrected chi connectivity index (χ4v) is 3.40. The maximum Gasteiger partial charge on any atom is 0.272 e. The Labute approximate surface area is 170 Å². The van der Waals surface area contributed by atoms with Crippen molar-refractivity contribution in [2.75, 3.05) is 0 Å². The molecule has 1 atom stereocenters. The molecule has 0 radical (unpaired) electrons. The fraction of sp³-hybridized carbons (Fsp3) is 0.278. The number of hydrogen-bond acceptors (Lipinski definition) is 4. The smallest absolute Gasteiger partial charge is 0.272 e. The molecule has 7 nitrogen and oxygen atoms in total. The van der Waals surface area contributed by atoms with Gasteiger partial charge in [0.2, 0.25) is 0 Å². The molecule has 27 heavy (non-hydrogen) atoms. The van der Waals surface area contributed by atoms with Crippen LogP contribution in [0.5, 0.6) is 5.75 Å². The van der Waals surface area contributed by atoms with Gasteiger partial charge in [-0.15, -0.1) is 0 Å². The topological polar surface area (TPSA) is 74.0 Å². The van der Waals surface area contributed by atoms with Gasteiger partial charge in [0.25, 0.3) is 5.91 Å². The first-order valence-corrected chi connectivity index (χ1v) is 9.59. The first-order valence-electron chi connectivity index (χ1n) is 8.41. The molecule has 0 saturated heterocycles. The van der Waals surface area contributed by atoms with Gasteiger partial charge >= 0.3 is 0 Å². The van der Waals surface area contributed by atoms with Crippen LogP contribution in [0.3, 0.4) is 0 Å². The van der Waals surface area contributed by atoms with E-state index in [9.17, 15) is 4.79 Å². The highest BCUT2D eigenvalue weighted by Crippen LogP contribution is 2.28. The second kappa shape index (κ2) is 8.58. The predicted octanol–water partition coefficient (Wildman–Crippen LogP) is 4.04. The minimum Gasteiger partial charge on any atom is -0.470 e. The number of hydrogen-bond donors (Lipinski definition) is 1. The molecular weight excluding hydrogens is 434 g/mol. The van der Waals surface area contributed by atoms with Crippen molar-refractivity contribution in [3.63, 3.8) is 0 Å². The monoisotopic (exact) mass is 451 g/mol. The summed E-state index contributed by atoms with van der Waals surface area (Å²) in [5.41, 5.74) is 1.27. The van der Waals surface area contributed by atoms with Gasteiger partial charge in [0.05, 0.1) is 16.2 Å². The molecule has 0 saturated carbocycles. The van der Waals surface area contributed by atoms with Gasteiger partial charge in [-0.1, -0.05) is 11.6 Å². The number of nitrogens with zero attached hydrogens (tertiary/aromatic N) is 4. The standard InChI is InChI=1S/C18H19BrClN5O2/c1-3-25-16(6-8-21-25)12(2)22-18(26)15-7-9-24(23-15)11-27-17-5-4-13(20)10-14(17)19/h4-10,12H,3,11H2,1-2H3,(H,22,26). The number of ether oxygens (including phenoxy) is 1. The normalized spacial score (nSPS) is 12.0. The zero-order chi connectivity index (χ0) is 19.4. The van der Waals surface area contributed by atoms with E-state index < -0.39 is 0 Å². The molecule has 142 valence electrons. The molecule has 0 fully saturated rings. The minimum absolute atomic E-state index is 0.172. The summed E-state index contributed by atoms with van der Waals surface area (Å²) in [4.78, 5) is 12.4. The van der Waals surface area contributed by atoms with Crippen LogP contribution in [-0.4, -0.2) is 25.5 Å². The zero-order valence-corrected chi connectivity index (χ0v) is 17.2. The van der Waals surface area contributed by atoms with E-state index >= 15 is 0 Å². The van der Waals surface area contributed by atoms with Gasteiger partial charge < -0.3 is 10.1 Å². The molecule has 9 heteroatoms. The van der Waals surface area contributed by atoms with Crippen LogP contribution in [0, 0.1) is 0 Å². The highest BCUT2D eigenvalue weighted by Gasteiger charge is 2.16. The molecule has 0 aliphatic rings. The van der Waals surface area contributed by atoms with Crippen molar-refractivity contribution in [2.24, 2.45) is 0 Å². The van der Waals surface area contributed by atoms with E-state index in [0.29, 0.717) is 16.5 Å². The maximum atomic E-state index is 12.4. The number of aromatic nitrogens is 4. The van der Waals surface area contributed by atoms with Gasteiger partial charge in [-0.25, -0.2) is 4.68 Å². The van der Waals surface area contributed by atoms with Gasteiger partial charge in [0.1, 0.15) is 11.4 Å². The average molecular weight is 453 g/mol. The molecule has 0 bridgehead atoms. The molecule has 0 aliphatic heterocycles. The Balaban J connectivity index is 1.60. The van der Waals surface area contributed by atoms with Crippen LogP contribution in [0.15, 0.2) is 47.2 Å². The maximum absolute atomic E-state index is 12.4. The van der Waals surface area contributed by atoms with Gasteiger partial charge in [-0.3, -0.25) is 9.48 Å². The number of rotatable bonds is 7. The number of carbonyl (C=O) groups excluding carboxylic acids is 1. The molecule has 1 amide bonds. The van der Waals surface area contributed by atoms with E-state index in [4.69, 9.17) is 16.3 Å². The number of aryl methyl sites for hydroxylation is 1. The lowest BCUT2D eigenvalue weighted by molar-refractivity contribution is 0.0931. The van der Waals surface area contributed by atoms with Crippen molar-refractivity contribution in [2.45, 2.75) is 33.2 Å². The first kappa shape index (κ1) is 19.4. The van der Waals surface area contributed by atoms with Gasteiger partial charge in [0.15, 0.2) is 6.73 Å². The van der Waals surface area contributed by atoms with E-state index in [1.54, 1.807) is 41.3 Å². The fourth-order valence-electron chi connectivity index (χ4n) is 2.60. The summed E-state index contributed by atoms with van der Waals surface area (Å²) >= 11 is 9.31. The Morgan fingerprint density at radius 1 is 1.37 bits per heavy atom. The lowest BCUT2D eigenvalue weighted by Gasteiger charge is -2.14. The van der Waals surface area contributed by atoms with Gasteiger partial charge in [0, 0.05) is 24.0 Å². The van der Waals surface area contributed by atoms with Crippen molar-refractivity contribution in [1.82, 2.24) is 24.9 Å². The molecule has 0 aliphatic carbocycles. The Bertz CT molecular complexity index is 939. The van der Waals surface area contributed by atoms with Crippen LogP contribution >= 0.6 is 27.5 Å². The van der Waals surface area contributed by atoms with Crippen LogP contribution < -0.4 is 10.1 Å². The van der Waals surface area contributed by atoms with Crippen molar-refractivity contribution in [3.8, 4) is 5.75 Å². The Kier molecular flexibility index (Phi) is 6.18. The van der Waals surface area contributed by atoms with E-state index in [1.165, 1.54) is 0 Å². The van der Waals surface area contributed by atoms with Crippen LogP contribution in [0.25, 0.3) is 0 Å². The van der Waals surface area contributed by atoms with E-state index in [-0.39, 0.29) is 18.7 Å². The molecular formula is C18H19BrClN5O2. The Morgan fingerprint density at radius 2 is 2.19 bits per heavy atom. The summed E-state index contributed by atoms with van der Waals surface area (Å²) in [7, 11) is 0. The van der Waals surface area contributed by atoms with Crippen molar-refractivity contribution >= 4 is 33.4 Å². The third kappa shape index (κ3) is 4.70. The molecule has 0 spiro atoms. The van der Waals surface area contributed by atoms with Gasteiger partial charge in [-0.05, 0) is 60.1 Å². The Morgan fingerprint density at radius 3 is 2.93 bits per heavy atom. The minimum atomic E-state index is -0.252. The highest BCUT2D eigenvalue weighted by atomic mass is 79.9. The lowest BCUT2D eigenvalue weighted by Crippen LogP contribution is -2.28. The average Bonchev–Trinajstić information content (AvgIpc) is 3.30. The largest absolute Gasteiger partial charge is 0.470 e. The lowest BCUT2D eigenvalue weighted by atomic mass is 10.2. The number of nitrogens with one attached hydrogen (secondary N) is 1. The number of carbonyl (C=O) groups is 1. The molecule has 1 N–H and O–H groups in total. The third-order valence-electron chi connectivity index (χ3n) is 3.96. The quantitative estimate of drug-likeness (QED) is 0.587.